The van der Waals surface area contributed by atoms with Crippen molar-refractivity contribution in [3.05, 3.63) is 29.1 Å². The Morgan fingerprint density at radius 2 is 2.00 bits per heavy atom. The molecule has 0 amide bonds. The second-order valence-corrected chi connectivity index (χ2v) is 7.61. The van der Waals surface area contributed by atoms with Gasteiger partial charge in [0.2, 0.25) is 10.0 Å². The van der Waals surface area contributed by atoms with Gasteiger partial charge in [-0.2, -0.15) is 4.72 Å². The molecule has 7 heteroatoms. The van der Waals surface area contributed by atoms with Crippen LogP contribution in [0.5, 0.6) is 0 Å². The second kappa shape index (κ2) is 5.15. The SMILES string of the molecule is C#CC(C)(C)NS(=O)(=O)c1c(C(=O)O)sc2ccccc12. The van der Waals surface area contributed by atoms with Gasteiger partial charge in [-0.3, -0.25) is 0 Å². The van der Waals surface area contributed by atoms with E-state index in [4.69, 9.17) is 6.42 Å². The van der Waals surface area contributed by atoms with E-state index >= 15 is 0 Å². The zero-order valence-electron chi connectivity index (χ0n) is 11.4. The minimum Gasteiger partial charge on any atom is -0.477 e. The molecule has 21 heavy (non-hydrogen) atoms. The van der Waals surface area contributed by atoms with E-state index in [1.54, 1.807) is 24.3 Å². The van der Waals surface area contributed by atoms with Gasteiger partial charge in [-0.05, 0) is 19.9 Å². The Hall–Kier alpha value is -1.88. The smallest absolute Gasteiger partial charge is 0.347 e. The Kier molecular flexibility index (Phi) is 3.80. The lowest BCUT2D eigenvalue weighted by Gasteiger charge is -2.19. The van der Waals surface area contributed by atoms with Crippen molar-refractivity contribution in [3.8, 4) is 12.3 Å². The highest BCUT2D eigenvalue weighted by Crippen LogP contribution is 2.35. The molecule has 2 aromatic rings. The summed E-state index contributed by atoms with van der Waals surface area (Å²) in [6, 6.07) is 6.64. The number of sulfonamides is 1. The summed E-state index contributed by atoms with van der Waals surface area (Å²) in [6.07, 6.45) is 5.29. The number of benzene rings is 1. The molecule has 0 radical (unpaired) electrons. The minimum absolute atomic E-state index is 0.225. The van der Waals surface area contributed by atoms with E-state index in [2.05, 4.69) is 10.6 Å². The average molecular weight is 323 g/mol. The van der Waals surface area contributed by atoms with Crippen LogP contribution in [-0.2, 0) is 10.0 Å². The van der Waals surface area contributed by atoms with Crippen LogP contribution in [0.1, 0.15) is 23.5 Å². The zero-order valence-corrected chi connectivity index (χ0v) is 13.0. The highest BCUT2D eigenvalue weighted by atomic mass is 32.2. The van der Waals surface area contributed by atoms with Gasteiger partial charge in [0.25, 0.3) is 0 Å². The number of hydrogen-bond donors (Lipinski definition) is 2. The van der Waals surface area contributed by atoms with Gasteiger partial charge in [-0.15, -0.1) is 17.8 Å². The molecule has 0 spiro atoms. The third-order valence-electron chi connectivity index (χ3n) is 2.76. The molecule has 1 heterocycles. The van der Waals surface area contributed by atoms with Crippen molar-refractivity contribution in [2.45, 2.75) is 24.3 Å². The number of carbonyl (C=O) groups is 1. The van der Waals surface area contributed by atoms with Crippen LogP contribution in [0.4, 0.5) is 0 Å². The van der Waals surface area contributed by atoms with E-state index in [-0.39, 0.29) is 9.77 Å². The van der Waals surface area contributed by atoms with Crippen LogP contribution in [0.25, 0.3) is 10.1 Å². The number of rotatable bonds is 4. The number of thiophene rings is 1. The third kappa shape index (κ3) is 2.93. The van der Waals surface area contributed by atoms with Gasteiger partial charge in [-0.1, -0.05) is 24.1 Å². The van der Waals surface area contributed by atoms with Crippen LogP contribution in [0, 0.1) is 12.3 Å². The predicted molar refractivity (Wildman–Crippen MR) is 82.0 cm³/mol. The molecule has 0 bridgehead atoms. The van der Waals surface area contributed by atoms with Gasteiger partial charge in [0.15, 0.2) is 0 Å². The van der Waals surface area contributed by atoms with Crippen molar-refractivity contribution in [1.82, 2.24) is 4.72 Å². The first-order chi connectivity index (χ1) is 9.68. The number of nitrogens with one attached hydrogen (secondary N) is 1. The number of hydrogen-bond acceptors (Lipinski definition) is 4. The molecule has 2 N–H and O–H groups in total. The van der Waals surface area contributed by atoms with Crippen LogP contribution in [-0.4, -0.2) is 25.0 Å². The molecule has 2 rings (SSSR count). The highest BCUT2D eigenvalue weighted by Gasteiger charge is 2.31. The second-order valence-electron chi connectivity index (χ2n) is 4.94. The van der Waals surface area contributed by atoms with Gasteiger partial charge < -0.3 is 5.11 Å². The topological polar surface area (TPSA) is 83.5 Å². The van der Waals surface area contributed by atoms with Gasteiger partial charge in [0.05, 0.1) is 5.54 Å². The minimum atomic E-state index is -4.05. The van der Waals surface area contributed by atoms with Gasteiger partial charge >= 0.3 is 5.97 Å². The maximum Gasteiger partial charge on any atom is 0.347 e. The molecule has 0 aliphatic heterocycles. The summed E-state index contributed by atoms with van der Waals surface area (Å²) in [5, 5.41) is 9.64. The Morgan fingerprint density at radius 1 is 1.38 bits per heavy atom. The number of fused-ring (bicyclic) bond motifs is 1. The van der Waals surface area contributed by atoms with Crippen molar-refractivity contribution in [2.75, 3.05) is 0 Å². The summed E-state index contributed by atoms with van der Waals surface area (Å²) in [7, 11) is -4.05. The monoisotopic (exact) mass is 323 g/mol. The Balaban J connectivity index is 2.73. The Labute approximate surface area is 126 Å². The van der Waals surface area contributed by atoms with Crippen molar-refractivity contribution in [2.24, 2.45) is 0 Å². The van der Waals surface area contributed by atoms with Gasteiger partial charge in [0.1, 0.15) is 9.77 Å². The van der Waals surface area contributed by atoms with Crippen molar-refractivity contribution in [3.63, 3.8) is 0 Å². The quantitative estimate of drug-likeness (QED) is 0.846. The molecule has 0 saturated carbocycles. The molecule has 0 aliphatic carbocycles. The van der Waals surface area contributed by atoms with Gasteiger partial charge in [-0.25, -0.2) is 13.2 Å². The van der Waals surface area contributed by atoms with Crippen LogP contribution < -0.4 is 4.72 Å². The summed E-state index contributed by atoms with van der Waals surface area (Å²) >= 11 is 0.922. The van der Waals surface area contributed by atoms with Crippen molar-refractivity contribution >= 4 is 37.4 Å². The normalized spacial score (nSPS) is 12.2. The molecule has 110 valence electrons. The molecular formula is C14H13NO4S2. The molecule has 1 aromatic carbocycles. The fraction of sp³-hybridized carbons (Fsp3) is 0.214. The molecule has 1 aromatic heterocycles. The summed E-state index contributed by atoms with van der Waals surface area (Å²) in [5.41, 5.74) is -1.11. The maximum atomic E-state index is 12.5. The van der Waals surface area contributed by atoms with E-state index in [1.165, 1.54) is 13.8 Å². The van der Waals surface area contributed by atoms with E-state index in [9.17, 15) is 18.3 Å². The summed E-state index contributed by atoms with van der Waals surface area (Å²) in [6.45, 7) is 3.05. The molecule has 0 fully saturated rings. The Morgan fingerprint density at radius 3 is 2.57 bits per heavy atom. The molecule has 5 nitrogen and oxygen atoms in total. The largest absolute Gasteiger partial charge is 0.477 e. The first-order valence-corrected chi connectivity index (χ1v) is 8.24. The average Bonchev–Trinajstić information content (AvgIpc) is 2.77. The highest BCUT2D eigenvalue weighted by molar-refractivity contribution is 7.90. The maximum absolute atomic E-state index is 12.5. The first-order valence-electron chi connectivity index (χ1n) is 5.94. The lowest BCUT2D eigenvalue weighted by Crippen LogP contribution is -2.42. The van der Waals surface area contributed by atoms with E-state index < -0.39 is 21.5 Å². The predicted octanol–water partition coefficient (Wildman–Crippen LogP) is 2.29. The lowest BCUT2D eigenvalue weighted by atomic mass is 10.1. The lowest BCUT2D eigenvalue weighted by molar-refractivity contribution is 0.0698. The van der Waals surface area contributed by atoms with Crippen molar-refractivity contribution in [1.29, 1.82) is 0 Å². The van der Waals surface area contributed by atoms with Gasteiger partial charge in [0, 0.05) is 10.1 Å². The summed E-state index contributed by atoms with van der Waals surface area (Å²) in [4.78, 5) is 10.9. The summed E-state index contributed by atoms with van der Waals surface area (Å²) in [5.74, 6) is 1.04. The first kappa shape index (κ1) is 15.5. The van der Waals surface area contributed by atoms with E-state index in [0.29, 0.717) is 10.1 Å². The molecular weight excluding hydrogens is 310 g/mol. The third-order valence-corrected chi connectivity index (χ3v) is 5.79. The fourth-order valence-electron chi connectivity index (χ4n) is 1.85. The van der Waals surface area contributed by atoms with Crippen LogP contribution in [0.2, 0.25) is 0 Å². The number of carboxylic acid groups (broad SMARTS) is 1. The van der Waals surface area contributed by atoms with Crippen LogP contribution in [0.15, 0.2) is 29.2 Å². The number of carboxylic acids is 1. The van der Waals surface area contributed by atoms with Crippen LogP contribution in [0.3, 0.4) is 0 Å². The Bertz CT molecular complexity index is 857. The molecule has 0 aliphatic rings. The van der Waals surface area contributed by atoms with E-state index in [0.717, 1.165) is 11.3 Å². The zero-order chi connectivity index (χ0) is 15.8. The molecule has 0 atom stereocenters. The number of aromatic carboxylic acids is 1. The molecule has 0 unspecified atom stereocenters. The summed E-state index contributed by atoms with van der Waals surface area (Å²) < 4.78 is 28.0. The van der Waals surface area contributed by atoms with Crippen LogP contribution >= 0.6 is 11.3 Å². The number of terminal acetylenes is 1. The standard InChI is InChI=1S/C14H13NO4S2/c1-4-14(2,3)15-21(18,19)12-9-7-5-6-8-10(9)20-11(12)13(16)17/h1,5-8,15H,2-3H3,(H,16,17). The van der Waals surface area contributed by atoms with E-state index in [1.807, 2.05) is 0 Å². The fourth-order valence-corrected chi connectivity index (χ4v) is 4.93. The van der Waals surface area contributed by atoms with Crippen molar-refractivity contribution < 1.29 is 18.3 Å². The molecule has 0 saturated heterocycles.